The molecule has 0 aliphatic heterocycles. The highest BCUT2D eigenvalue weighted by Gasteiger charge is 2.22. The Hall–Kier alpha value is -2.97. The third kappa shape index (κ3) is 4.65. The molecule has 2 aromatic carbocycles. The molecule has 3 aromatic rings. The summed E-state index contributed by atoms with van der Waals surface area (Å²) < 4.78 is 39.1. The lowest BCUT2D eigenvalue weighted by Gasteiger charge is -2.09. The fourth-order valence-electron chi connectivity index (χ4n) is 2.40. The maximum Gasteiger partial charge on any atom is 0.319 e. The first kappa shape index (κ1) is 19.8. The van der Waals surface area contributed by atoms with Gasteiger partial charge < -0.3 is 10.6 Å². The molecule has 0 unspecified atom stereocenters. The normalized spacial score (nSPS) is 11.1. The number of nitrogens with one attached hydrogen (secondary N) is 2. The van der Waals surface area contributed by atoms with Crippen molar-refractivity contribution in [2.24, 2.45) is 0 Å². The lowest BCUT2D eigenvalue weighted by atomic mass is 10.3. The van der Waals surface area contributed by atoms with Gasteiger partial charge in [-0.25, -0.2) is 17.6 Å². The Morgan fingerprint density at radius 2 is 1.86 bits per heavy atom. The number of pyridine rings is 1. The molecule has 0 atom stereocenters. The third-order valence-corrected chi connectivity index (χ3v) is 5.82. The van der Waals surface area contributed by atoms with E-state index >= 15 is 0 Å². The van der Waals surface area contributed by atoms with Gasteiger partial charge in [0.15, 0.2) is 0 Å². The van der Waals surface area contributed by atoms with Gasteiger partial charge in [-0.3, -0.25) is 4.98 Å². The summed E-state index contributed by atoms with van der Waals surface area (Å²) in [6.45, 7) is 0.294. The predicted octanol–water partition coefficient (Wildman–Crippen LogP) is 4.03. The maximum atomic E-state index is 14.0. The molecule has 0 radical (unpaired) electrons. The van der Waals surface area contributed by atoms with E-state index in [0.717, 1.165) is 17.7 Å². The molecule has 3 rings (SSSR count). The van der Waals surface area contributed by atoms with Crippen LogP contribution in [-0.4, -0.2) is 19.4 Å². The molecule has 1 heterocycles. The summed E-state index contributed by atoms with van der Waals surface area (Å²) in [6, 6.07) is 11.9. The molecule has 0 fully saturated rings. The number of rotatable bonds is 5. The van der Waals surface area contributed by atoms with Gasteiger partial charge >= 0.3 is 6.03 Å². The van der Waals surface area contributed by atoms with Crippen LogP contribution in [-0.2, 0) is 16.4 Å². The first-order valence-electron chi connectivity index (χ1n) is 8.10. The summed E-state index contributed by atoms with van der Waals surface area (Å²) in [7, 11) is -4.05. The number of aromatic nitrogens is 1. The number of carbonyl (C=O) groups is 1. The van der Waals surface area contributed by atoms with E-state index in [4.69, 9.17) is 11.6 Å². The highest BCUT2D eigenvalue weighted by Crippen LogP contribution is 2.26. The lowest BCUT2D eigenvalue weighted by molar-refractivity contribution is 0.251. The van der Waals surface area contributed by atoms with Crippen molar-refractivity contribution in [3.8, 4) is 0 Å². The Bertz CT molecular complexity index is 1090. The molecule has 144 valence electrons. The van der Waals surface area contributed by atoms with Crippen molar-refractivity contribution in [1.82, 2.24) is 10.3 Å². The van der Waals surface area contributed by atoms with Crippen LogP contribution in [0.15, 0.2) is 76.8 Å². The molecular weight excluding hydrogens is 405 g/mol. The van der Waals surface area contributed by atoms with Crippen LogP contribution in [0.2, 0.25) is 5.02 Å². The highest BCUT2D eigenvalue weighted by molar-refractivity contribution is 7.91. The zero-order valence-corrected chi connectivity index (χ0v) is 16.0. The van der Waals surface area contributed by atoms with Crippen molar-refractivity contribution < 1.29 is 17.6 Å². The minimum Gasteiger partial charge on any atom is -0.334 e. The van der Waals surface area contributed by atoms with Crippen LogP contribution in [0.1, 0.15) is 5.56 Å². The van der Waals surface area contributed by atoms with Gasteiger partial charge in [-0.05, 0) is 54.1 Å². The lowest BCUT2D eigenvalue weighted by Crippen LogP contribution is -2.28. The van der Waals surface area contributed by atoms with Crippen molar-refractivity contribution in [3.63, 3.8) is 0 Å². The second-order valence-corrected chi connectivity index (χ2v) is 8.13. The van der Waals surface area contributed by atoms with Gasteiger partial charge in [0.25, 0.3) is 0 Å². The minimum absolute atomic E-state index is 0.102. The zero-order chi connectivity index (χ0) is 20.1. The number of benzene rings is 2. The van der Waals surface area contributed by atoms with Crippen LogP contribution in [0.5, 0.6) is 0 Å². The van der Waals surface area contributed by atoms with Gasteiger partial charge in [0, 0.05) is 29.6 Å². The van der Waals surface area contributed by atoms with Crippen LogP contribution in [0.3, 0.4) is 0 Å². The van der Waals surface area contributed by atoms with Crippen molar-refractivity contribution in [1.29, 1.82) is 0 Å². The van der Waals surface area contributed by atoms with Gasteiger partial charge in [-0.2, -0.15) is 0 Å². The van der Waals surface area contributed by atoms with E-state index in [1.54, 1.807) is 18.5 Å². The maximum absolute atomic E-state index is 14.0. The number of amides is 2. The number of sulfone groups is 1. The van der Waals surface area contributed by atoms with E-state index in [2.05, 4.69) is 15.6 Å². The van der Waals surface area contributed by atoms with Crippen LogP contribution in [0.4, 0.5) is 14.9 Å². The van der Waals surface area contributed by atoms with E-state index in [1.807, 2.05) is 6.07 Å². The van der Waals surface area contributed by atoms with Gasteiger partial charge in [-0.15, -0.1) is 0 Å². The first-order valence-corrected chi connectivity index (χ1v) is 9.96. The molecule has 28 heavy (non-hydrogen) atoms. The van der Waals surface area contributed by atoms with Gasteiger partial charge in [0.1, 0.15) is 10.7 Å². The number of carbonyl (C=O) groups excluding carboxylic acids is 1. The van der Waals surface area contributed by atoms with Crippen molar-refractivity contribution in [3.05, 3.63) is 83.4 Å². The van der Waals surface area contributed by atoms with Crippen LogP contribution >= 0.6 is 11.6 Å². The monoisotopic (exact) mass is 419 g/mol. The van der Waals surface area contributed by atoms with E-state index in [-0.39, 0.29) is 9.92 Å². The Labute approximate surface area is 166 Å². The Morgan fingerprint density at radius 3 is 2.50 bits per heavy atom. The molecule has 0 saturated carbocycles. The summed E-state index contributed by atoms with van der Waals surface area (Å²) in [6.07, 6.45) is 3.27. The summed E-state index contributed by atoms with van der Waals surface area (Å²) in [5, 5.41) is 5.36. The zero-order valence-electron chi connectivity index (χ0n) is 14.4. The second-order valence-electron chi connectivity index (χ2n) is 5.77. The van der Waals surface area contributed by atoms with Crippen LogP contribution in [0, 0.1) is 5.82 Å². The smallest absolute Gasteiger partial charge is 0.319 e. The van der Waals surface area contributed by atoms with Gasteiger partial charge in [0.2, 0.25) is 9.84 Å². The van der Waals surface area contributed by atoms with E-state index in [0.29, 0.717) is 12.2 Å². The molecule has 2 amide bonds. The van der Waals surface area contributed by atoms with Gasteiger partial charge in [0.05, 0.1) is 4.90 Å². The molecule has 0 aliphatic carbocycles. The third-order valence-electron chi connectivity index (χ3n) is 3.78. The average molecular weight is 420 g/mol. The minimum atomic E-state index is -4.05. The Balaban J connectivity index is 1.68. The standard InChI is InChI=1S/C19H15ClFN3O3S/c20-14-3-8-18(17(21)10-14)28(26,27)16-6-4-15(5-7-16)24-19(25)23-12-13-2-1-9-22-11-13/h1-11H,12H2,(H2,23,24,25). The molecule has 1 aromatic heterocycles. The number of hydrogen-bond donors (Lipinski definition) is 2. The molecule has 6 nitrogen and oxygen atoms in total. The number of hydrogen-bond acceptors (Lipinski definition) is 4. The first-order chi connectivity index (χ1) is 13.4. The van der Waals surface area contributed by atoms with Crippen molar-refractivity contribution in [2.75, 3.05) is 5.32 Å². The second kappa shape index (κ2) is 8.37. The average Bonchev–Trinajstić information content (AvgIpc) is 2.67. The summed E-state index contributed by atoms with van der Waals surface area (Å²) in [5.74, 6) is -0.926. The number of halogens is 2. The SMILES string of the molecule is O=C(NCc1cccnc1)Nc1ccc(S(=O)(=O)c2ccc(Cl)cc2F)cc1. The summed E-state index contributed by atoms with van der Waals surface area (Å²) in [4.78, 5) is 15.3. The van der Waals surface area contributed by atoms with Crippen LogP contribution in [0.25, 0.3) is 0 Å². The number of nitrogens with zero attached hydrogens (tertiary/aromatic N) is 1. The highest BCUT2D eigenvalue weighted by atomic mass is 35.5. The number of urea groups is 1. The molecular formula is C19H15ClFN3O3S. The van der Waals surface area contributed by atoms with E-state index < -0.39 is 26.6 Å². The summed E-state index contributed by atoms with van der Waals surface area (Å²) >= 11 is 5.66. The Morgan fingerprint density at radius 1 is 1.11 bits per heavy atom. The number of anilines is 1. The molecule has 2 N–H and O–H groups in total. The van der Waals surface area contributed by atoms with Crippen molar-refractivity contribution in [2.45, 2.75) is 16.3 Å². The van der Waals surface area contributed by atoms with E-state index in [9.17, 15) is 17.6 Å². The largest absolute Gasteiger partial charge is 0.334 e. The topological polar surface area (TPSA) is 88.2 Å². The van der Waals surface area contributed by atoms with E-state index in [1.165, 1.54) is 30.3 Å². The fraction of sp³-hybridized carbons (Fsp3) is 0.0526. The molecule has 0 saturated heterocycles. The predicted molar refractivity (Wildman–Crippen MR) is 103 cm³/mol. The molecule has 9 heteroatoms. The molecule has 0 bridgehead atoms. The van der Waals surface area contributed by atoms with Gasteiger partial charge in [-0.1, -0.05) is 17.7 Å². The Kier molecular flexibility index (Phi) is 5.91. The fourth-order valence-corrected chi connectivity index (χ4v) is 3.87. The summed E-state index contributed by atoms with van der Waals surface area (Å²) in [5.41, 5.74) is 1.23. The van der Waals surface area contributed by atoms with Crippen molar-refractivity contribution >= 4 is 33.2 Å². The molecule has 0 spiro atoms. The van der Waals surface area contributed by atoms with Crippen LogP contribution < -0.4 is 10.6 Å². The molecule has 0 aliphatic rings. The quantitative estimate of drug-likeness (QED) is 0.653.